The van der Waals surface area contributed by atoms with Crippen molar-refractivity contribution in [3.8, 4) is 11.3 Å². The van der Waals surface area contributed by atoms with Crippen LogP contribution >= 0.6 is 0 Å². The van der Waals surface area contributed by atoms with Crippen molar-refractivity contribution in [2.75, 3.05) is 24.6 Å². The van der Waals surface area contributed by atoms with Crippen LogP contribution in [0, 0.1) is 11.3 Å². The summed E-state index contributed by atoms with van der Waals surface area (Å²) in [5, 5.41) is 9.40. The number of benzene rings is 1. The zero-order valence-corrected chi connectivity index (χ0v) is 16.4. The number of aliphatic hydroxyl groups is 1. The van der Waals surface area contributed by atoms with E-state index in [4.69, 9.17) is 4.98 Å². The Morgan fingerprint density at radius 2 is 2.25 bits per heavy atom. The predicted octanol–water partition coefficient (Wildman–Crippen LogP) is 3.21. The second kappa shape index (κ2) is 7.36. The van der Waals surface area contributed by atoms with Crippen LogP contribution in [0.5, 0.6) is 0 Å². The number of hydrogen-bond donors (Lipinski definition) is 2. The predicted molar refractivity (Wildman–Crippen MR) is 110 cm³/mol. The molecule has 1 fully saturated rings. The Labute approximate surface area is 164 Å². The van der Waals surface area contributed by atoms with Crippen molar-refractivity contribution in [3.63, 3.8) is 0 Å². The molecule has 3 aromatic rings. The molecule has 2 N–H and O–H groups in total. The normalized spacial score (nSPS) is 17.4. The molecule has 0 amide bonds. The van der Waals surface area contributed by atoms with E-state index in [2.05, 4.69) is 27.0 Å². The highest BCUT2D eigenvalue weighted by Crippen LogP contribution is 2.29. The van der Waals surface area contributed by atoms with E-state index in [9.17, 15) is 9.90 Å². The van der Waals surface area contributed by atoms with Crippen molar-refractivity contribution in [3.05, 3.63) is 42.2 Å². The first kappa shape index (κ1) is 18.6. The van der Waals surface area contributed by atoms with Crippen LogP contribution in [0.2, 0.25) is 0 Å². The summed E-state index contributed by atoms with van der Waals surface area (Å²) in [5.74, 6) is 0.350. The van der Waals surface area contributed by atoms with Crippen LogP contribution in [0.3, 0.4) is 0 Å². The average molecular weight is 378 g/mol. The molecule has 0 radical (unpaired) electrons. The Morgan fingerprint density at radius 1 is 1.39 bits per heavy atom. The molecule has 0 spiro atoms. The number of fused-ring (bicyclic) bond motifs is 1. The number of nitrogens with zero attached hydrogens (tertiary/aromatic N) is 3. The van der Waals surface area contributed by atoms with Gasteiger partial charge in [0.2, 0.25) is 0 Å². The summed E-state index contributed by atoms with van der Waals surface area (Å²) >= 11 is 0. The molecule has 0 aliphatic carbocycles. The van der Waals surface area contributed by atoms with E-state index >= 15 is 0 Å². The number of rotatable bonds is 6. The number of carbonyl (C=O) groups excluding carboxylic acids is 1. The molecule has 146 valence electrons. The minimum absolute atomic E-state index is 0.242. The molecule has 1 aromatic carbocycles. The van der Waals surface area contributed by atoms with Crippen LogP contribution < -0.4 is 4.90 Å². The highest BCUT2D eigenvalue weighted by atomic mass is 16.3. The molecule has 28 heavy (non-hydrogen) atoms. The molecule has 3 heterocycles. The van der Waals surface area contributed by atoms with E-state index in [0.29, 0.717) is 12.3 Å². The highest BCUT2D eigenvalue weighted by Gasteiger charge is 2.23. The van der Waals surface area contributed by atoms with Crippen LogP contribution in [0.25, 0.3) is 22.4 Å². The third-order valence-corrected chi connectivity index (χ3v) is 5.48. The number of H-pyrrole nitrogens is 1. The maximum atomic E-state index is 11.3. The first-order valence-electron chi connectivity index (χ1n) is 9.74. The van der Waals surface area contributed by atoms with E-state index in [-0.39, 0.29) is 6.61 Å². The summed E-state index contributed by atoms with van der Waals surface area (Å²) in [4.78, 5) is 26.2. The SMILES string of the molecule is CC(C)(C=O)Cc1c[nH]c2ncc(-c3cccc(N4CC[C@@H](CO)C4)c3)nc12. The minimum atomic E-state index is -0.439. The molecular weight excluding hydrogens is 352 g/mol. The fourth-order valence-electron chi connectivity index (χ4n) is 3.83. The topological polar surface area (TPSA) is 82.1 Å². The average Bonchev–Trinajstić information content (AvgIpc) is 3.35. The minimum Gasteiger partial charge on any atom is -0.396 e. The van der Waals surface area contributed by atoms with Gasteiger partial charge in [-0.3, -0.25) is 0 Å². The van der Waals surface area contributed by atoms with Crippen molar-refractivity contribution >= 4 is 23.1 Å². The van der Waals surface area contributed by atoms with E-state index in [1.165, 1.54) is 0 Å². The van der Waals surface area contributed by atoms with Gasteiger partial charge < -0.3 is 19.8 Å². The summed E-state index contributed by atoms with van der Waals surface area (Å²) in [5.41, 5.74) is 5.10. The Kier molecular flexibility index (Phi) is 4.89. The molecule has 0 unspecified atom stereocenters. The van der Waals surface area contributed by atoms with Gasteiger partial charge in [-0.15, -0.1) is 0 Å². The maximum absolute atomic E-state index is 11.3. The summed E-state index contributed by atoms with van der Waals surface area (Å²) in [6.45, 7) is 5.94. The molecular formula is C22H26N4O2. The number of aliphatic hydroxyl groups excluding tert-OH is 1. The van der Waals surface area contributed by atoms with Crippen molar-refractivity contribution in [1.82, 2.24) is 15.0 Å². The molecule has 6 heteroatoms. The van der Waals surface area contributed by atoms with Crippen molar-refractivity contribution in [1.29, 1.82) is 0 Å². The number of nitrogens with one attached hydrogen (secondary N) is 1. The Bertz CT molecular complexity index is 995. The van der Waals surface area contributed by atoms with Crippen molar-refractivity contribution < 1.29 is 9.90 Å². The molecule has 6 nitrogen and oxygen atoms in total. The molecule has 2 aromatic heterocycles. The summed E-state index contributed by atoms with van der Waals surface area (Å²) in [6.07, 6.45) is 6.31. The summed E-state index contributed by atoms with van der Waals surface area (Å²) in [6, 6.07) is 8.32. The summed E-state index contributed by atoms with van der Waals surface area (Å²) in [7, 11) is 0. The van der Waals surface area contributed by atoms with Crippen molar-refractivity contribution in [2.24, 2.45) is 11.3 Å². The highest BCUT2D eigenvalue weighted by molar-refractivity contribution is 5.79. The Morgan fingerprint density at radius 3 is 3.00 bits per heavy atom. The van der Waals surface area contributed by atoms with Crippen molar-refractivity contribution in [2.45, 2.75) is 26.7 Å². The van der Waals surface area contributed by atoms with Gasteiger partial charge in [-0.25, -0.2) is 9.97 Å². The second-order valence-electron chi connectivity index (χ2n) is 8.38. The van der Waals surface area contributed by atoms with E-state index in [0.717, 1.165) is 59.5 Å². The third kappa shape index (κ3) is 3.64. The van der Waals surface area contributed by atoms with Crippen LogP contribution in [-0.4, -0.2) is 46.0 Å². The second-order valence-corrected chi connectivity index (χ2v) is 8.38. The summed E-state index contributed by atoms with van der Waals surface area (Å²) < 4.78 is 0. The Balaban J connectivity index is 1.66. The fourth-order valence-corrected chi connectivity index (χ4v) is 3.83. The Hall–Kier alpha value is -2.73. The first-order chi connectivity index (χ1) is 13.5. The number of carbonyl (C=O) groups is 1. The smallest absolute Gasteiger partial charge is 0.156 e. The number of anilines is 1. The molecule has 1 atom stereocenters. The lowest BCUT2D eigenvalue weighted by molar-refractivity contribution is -0.114. The van der Waals surface area contributed by atoms with Gasteiger partial charge in [0.1, 0.15) is 11.8 Å². The van der Waals surface area contributed by atoms with Gasteiger partial charge in [0.25, 0.3) is 0 Å². The quantitative estimate of drug-likeness (QED) is 0.644. The molecule has 1 aliphatic heterocycles. The largest absolute Gasteiger partial charge is 0.396 e. The number of aldehydes is 1. The molecule has 1 saturated heterocycles. The zero-order chi connectivity index (χ0) is 19.7. The van der Waals surface area contributed by atoms with Gasteiger partial charge in [-0.1, -0.05) is 26.0 Å². The third-order valence-electron chi connectivity index (χ3n) is 5.48. The van der Waals surface area contributed by atoms with Gasteiger partial charge in [0, 0.05) is 48.5 Å². The van der Waals surface area contributed by atoms with Gasteiger partial charge in [-0.2, -0.15) is 0 Å². The lowest BCUT2D eigenvalue weighted by Gasteiger charge is -2.19. The zero-order valence-electron chi connectivity index (χ0n) is 16.4. The van der Waals surface area contributed by atoms with Gasteiger partial charge in [0.05, 0.1) is 11.9 Å². The molecule has 4 rings (SSSR count). The van der Waals surface area contributed by atoms with Gasteiger partial charge in [0.15, 0.2) is 5.65 Å². The van der Waals surface area contributed by atoms with Crippen LogP contribution in [-0.2, 0) is 11.2 Å². The van der Waals surface area contributed by atoms with Gasteiger partial charge in [-0.05, 0) is 30.5 Å². The van der Waals surface area contributed by atoms with E-state index in [1.807, 2.05) is 32.2 Å². The number of aromatic nitrogens is 3. The van der Waals surface area contributed by atoms with E-state index < -0.39 is 5.41 Å². The number of hydrogen-bond acceptors (Lipinski definition) is 5. The van der Waals surface area contributed by atoms with Crippen LogP contribution in [0.1, 0.15) is 25.8 Å². The monoisotopic (exact) mass is 378 g/mol. The molecule has 1 aliphatic rings. The van der Waals surface area contributed by atoms with Crippen LogP contribution in [0.15, 0.2) is 36.7 Å². The molecule has 0 bridgehead atoms. The number of aromatic amines is 1. The lowest BCUT2D eigenvalue weighted by Crippen LogP contribution is -2.20. The molecule has 0 saturated carbocycles. The standard InChI is InChI=1S/C22H26N4O2/c1-22(2,14-28)9-17-10-23-21-20(17)25-19(11-24-21)16-4-3-5-18(8-16)26-7-6-15(12-26)13-27/h3-5,8,10-11,14-15,27H,6-7,9,12-13H2,1-2H3,(H,23,24)/t15-/m1/s1. The van der Waals surface area contributed by atoms with Crippen LogP contribution in [0.4, 0.5) is 5.69 Å². The first-order valence-corrected chi connectivity index (χ1v) is 9.74. The fraction of sp³-hybridized carbons (Fsp3) is 0.409. The maximum Gasteiger partial charge on any atom is 0.156 e. The van der Waals surface area contributed by atoms with Gasteiger partial charge >= 0.3 is 0 Å². The van der Waals surface area contributed by atoms with E-state index in [1.54, 1.807) is 6.20 Å². The lowest BCUT2D eigenvalue weighted by atomic mass is 9.88.